The number of aryl methyl sites for hydroxylation is 1. The Bertz CT molecular complexity index is 1190. The number of hydrogen-bond acceptors (Lipinski definition) is 6. The van der Waals surface area contributed by atoms with Crippen LogP contribution in [0, 0.1) is 6.92 Å². The largest absolute Gasteiger partial charge is 0.457 e. The van der Waals surface area contributed by atoms with E-state index in [1.165, 1.54) is 12.3 Å². The molecule has 1 fully saturated rings. The van der Waals surface area contributed by atoms with Crippen molar-refractivity contribution in [2.45, 2.75) is 19.4 Å². The lowest BCUT2D eigenvalue weighted by atomic mass is 10.2. The third-order valence-electron chi connectivity index (χ3n) is 5.47. The summed E-state index contributed by atoms with van der Waals surface area (Å²) in [5, 5.41) is 2.89. The van der Waals surface area contributed by atoms with Gasteiger partial charge in [-0.2, -0.15) is 0 Å². The van der Waals surface area contributed by atoms with Crippen LogP contribution >= 0.6 is 0 Å². The summed E-state index contributed by atoms with van der Waals surface area (Å²) in [6.07, 6.45) is 3.45. The number of amides is 2. The van der Waals surface area contributed by atoms with Gasteiger partial charge in [-0.3, -0.25) is 9.59 Å². The van der Waals surface area contributed by atoms with E-state index in [9.17, 15) is 9.59 Å². The van der Waals surface area contributed by atoms with Gasteiger partial charge >= 0.3 is 0 Å². The first-order valence-electron chi connectivity index (χ1n) is 10.9. The molecule has 1 aliphatic rings. The molecule has 1 aromatic heterocycles. The summed E-state index contributed by atoms with van der Waals surface area (Å²) in [7, 11) is 0. The Morgan fingerprint density at radius 3 is 2.32 bits per heavy atom. The second-order valence-electron chi connectivity index (χ2n) is 8.04. The van der Waals surface area contributed by atoms with Crippen LogP contribution in [0.15, 0.2) is 73.4 Å². The minimum absolute atomic E-state index is 0.00596. The van der Waals surface area contributed by atoms with E-state index in [1.807, 2.05) is 36.1 Å². The molecular weight excluding hydrogens is 432 g/mol. The van der Waals surface area contributed by atoms with E-state index in [0.29, 0.717) is 36.2 Å². The van der Waals surface area contributed by atoms with Gasteiger partial charge in [0.2, 0.25) is 5.91 Å². The number of nitrogens with two attached hydrogens (primary N) is 1. The molecule has 0 aliphatic carbocycles. The van der Waals surface area contributed by atoms with Crippen molar-refractivity contribution in [2.75, 3.05) is 18.0 Å². The van der Waals surface area contributed by atoms with Crippen LogP contribution in [-0.2, 0) is 4.79 Å². The normalized spacial score (nSPS) is 15.0. The molecule has 1 unspecified atom stereocenters. The lowest BCUT2D eigenvalue weighted by molar-refractivity contribution is -0.117. The van der Waals surface area contributed by atoms with Gasteiger partial charge in [-0.25, -0.2) is 4.98 Å². The highest BCUT2D eigenvalue weighted by molar-refractivity contribution is 5.95. The number of anilines is 1. The topological polar surface area (TPSA) is 107 Å². The zero-order chi connectivity index (χ0) is 24.1. The Kier molecular flexibility index (Phi) is 6.77. The molecule has 1 atom stereocenters. The maximum Gasteiger partial charge on any atom is 0.254 e. The first kappa shape index (κ1) is 22.8. The number of carbonyl (C=O) groups is 2. The molecule has 2 heterocycles. The molecule has 0 bridgehead atoms. The summed E-state index contributed by atoms with van der Waals surface area (Å²) in [6, 6.07) is 16.5. The first-order valence-corrected chi connectivity index (χ1v) is 10.9. The van der Waals surface area contributed by atoms with Gasteiger partial charge in [-0.15, -0.1) is 0 Å². The second kappa shape index (κ2) is 10.1. The molecule has 0 saturated carbocycles. The maximum absolute atomic E-state index is 11.9. The lowest BCUT2D eigenvalue weighted by Gasteiger charge is -2.19. The van der Waals surface area contributed by atoms with Crippen molar-refractivity contribution in [2.24, 2.45) is 5.73 Å². The maximum atomic E-state index is 11.9. The van der Waals surface area contributed by atoms with E-state index in [-0.39, 0.29) is 17.5 Å². The monoisotopic (exact) mass is 458 g/mol. The van der Waals surface area contributed by atoms with Crippen LogP contribution in [0.2, 0.25) is 0 Å². The fraction of sp³-hybridized carbons (Fsp3) is 0.192. The Hall–Kier alpha value is -4.33. The lowest BCUT2D eigenvalue weighted by Crippen LogP contribution is -2.36. The SMILES string of the molecule is C=CC(=O)NC1CCN(c2cc(Oc3ccc(Oc4ccc(C)cc4)cc3)c(C(N)=O)cn2)C1. The van der Waals surface area contributed by atoms with Crippen LogP contribution in [0.4, 0.5) is 5.82 Å². The van der Waals surface area contributed by atoms with Gasteiger partial charge in [0.1, 0.15) is 34.4 Å². The average molecular weight is 459 g/mol. The van der Waals surface area contributed by atoms with Crippen molar-refractivity contribution in [1.82, 2.24) is 10.3 Å². The molecule has 8 nitrogen and oxygen atoms in total. The fourth-order valence-electron chi connectivity index (χ4n) is 3.66. The van der Waals surface area contributed by atoms with Crippen LogP contribution in [0.25, 0.3) is 0 Å². The van der Waals surface area contributed by atoms with Crippen LogP contribution in [0.5, 0.6) is 23.0 Å². The molecule has 2 amide bonds. The number of nitrogens with one attached hydrogen (secondary N) is 1. The zero-order valence-corrected chi connectivity index (χ0v) is 18.9. The van der Waals surface area contributed by atoms with Crippen LogP contribution in [-0.4, -0.2) is 35.9 Å². The van der Waals surface area contributed by atoms with Gasteiger partial charge < -0.3 is 25.4 Å². The second-order valence-corrected chi connectivity index (χ2v) is 8.04. The molecular formula is C26H26N4O4. The van der Waals surface area contributed by atoms with Gasteiger partial charge in [0.05, 0.1) is 0 Å². The molecule has 34 heavy (non-hydrogen) atoms. The highest BCUT2D eigenvalue weighted by Crippen LogP contribution is 2.31. The molecule has 0 spiro atoms. The Morgan fingerprint density at radius 2 is 1.71 bits per heavy atom. The molecule has 1 aliphatic heterocycles. The van der Waals surface area contributed by atoms with Crippen LogP contribution < -0.4 is 25.4 Å². The number of aromatic nitrogens is 1. The van der Waals surface area contributed by atoms with Crippen LogP contribution in [0.1, 0.15) is 22.3 Å². The molecule has 3 N–H and O–H groups in total. The summed E-state index contributed by atoms with van der Waals surface area (Å²) in [6.45, 7) is 6.79. The van der Waals surface area contributed by atoms with E-state index in [1.54, 1.807) is 30.3 Å². The molecule has 3 aromatic rings. The number of rotatable bonds is 8. The molecule has 1 saturated heterocycles. The van der Waals surface area contributed by atoms with E-state index >= 15 is 0 Å². The third-order valence-corrected chi connectivity index (χ3v) is 5.47. The zero-order valence-electron chi connectivity index (χ0n) is 18.9. The summed E-state index contributed by atoms with van der Waals surface area (Å²) in [5.74, 6) is 2.02. The molecule has 8 heteroatoms. The quantitative estimate of drug-likeness (QED) is 0.495. The number of ether oxygens (including phenoxy) is 2. The van der Waals surface area contributed by atoms with Crippen LogP contribution in [0.3, 0.4) is 0 Å². The van der Waals surface area contributed by atoms with Gasteiger partial charge in [0.25, 0.3) is 5.91 Å². The minimum atomic E-state index is -0.633. The Morgan fingerprint density at radius 1 is 1.09 bits per heavy atom. The average Bonchev–Trinajstić information content (AvgIpc) is 3.30. The standard InChI is InChI=1S/C26H26N4O4/c1-3-25(31)29-18-12-13-30(16-18)24-14-23(22(15-28-24)26(27)32)34-21-10-8-20(9-11-21)33-19-6-4-17(2)5-7-19/h3-11,14-15,18H,1,12-13,16H2,2H3,(H2,27,32)(H,29,31). The van der Waals surface area contributed by atoms with Crippen molar-refractivity contribution in [3.8, 4) is 23.0 Å². The summed E-state index contributed by atoms with van der Waals surface area (Å²) in [4.78, 5) is 29.9. The van der Waals surface area contributed by atoms with Crippen molar-refractivity contribution in [3.05, 3.63) is 84.6 Å². The van der Waals surface area contributed by atoms with E-state index in [2.05, 4.69) is 16.9 Å². The molecule has 4 rings (SSSR count). The van der Waals surface area contributed by atoms with Crippen molar-refractivity contribution in [3.63, 3.8) is 0 Å². The van der Waals surface area contributed by atoms with Gasteiger partial charge in [-0.1, -0.05) is 24.3 Å². The Balaban J connectivity index is 1.48. The highest BCUT2D eigenvalue weighted by Gasteiger charge is 2.25. The van der Waals surface area contributed by atoms with E-state index in [4.69, 9.17) is 15.2 Å². The number of nitrogens with zero attached hydrogens (tertiary/aromatic N) is 2. The minimum Gasteiger partial charge on any atom is -0.457 e. The van der Waals surface area contributed by atoms with E-state index in [0.717, 1.165) is 17.7 Å². The number of primary amides is 1. The van der Waals surface area contributed by atoms with E-state index < -0.39 is 5.91 Å². The van der Waals surface area contributed by atoms with Crippen molar-refractivity contribution < 1.29 is 19.1 Å². The van der Waals surface area contributed by atoms with Gasteiger partial charge in [0.15, 0.2) is 0 Å². The Labute approximate surface area is 198 Å². The predicted octanol–water partition coefficient (Wildman–Crippen LogP) is 3.95. The molecule has 174 valence electrons. The molecule has 0 radical (unpaired) electrons. The number of carbonyl (C=O) groups excluding carboxylic acids is 2. The number of benzene rings is 2. The summed E-state index contributed by atoms with van der Waals surface area (Å²) in [5.41, 5.74) is 6.87. The molecule has 2 aromatic carbocycles. The summed E-state index contributed by atoms with van der Waals surface area (Å²) < 4.78 is 11.8. The number of pyridine rings is 1. The fourth-order valence-corrected chi connectivity index (χ4v) is 3.66. The predicted molar refractivity (Wildman–Crippen MR) is 129 cm³/mol. The smallest absolute Gasteiger partial charge is 0.254 e. The highest BCUT2D eigenvalue weighted by atomic mass is 16.5. The third kappa shape index (κ3) is 5.53. The first-order chi connectivity index (χ1) is 16.4. The van der Waals surface area contributed by atoms with Gasteiger partial charge in [-0.05, 0) is 55.8 Å². The summed E-state index contributed by atoms with van der Waals surface area (Å²) >= 11 is 0. The van der Waals surface area contributed by atoms with Crippen molar-refractivity contribution >= 4 is 17.6 Å². The number of hydrogen-bond donors (Lipinski definition) is 2. The van der Waals surface area contributed by atoms with Gasteiger partial charge in [0, 0.05) is 31.4 Å². The van der Waals surface area contributed by atoms with Crippen molar-refractivity contribution in [1.29, 1.82) is 0 Å².